The molecule has 0 saturated carbocycles. The first kappa shape index (κ1) is 17.1. The van der Waals surface area contributed by atoms with Gasteiger partial charge in [-0.05, 0) is 37.4 Å². The van der Waals surface area contributed by atoms with E-state index in [0.29, 0.717) is 17.3 Å². The minimum atomic E-state index is -0.268. The van der Waals surface area contributed by atoms with Gasteiger partial charge in [0.2, 0.25) is 0 Å². The number of thiophene rings is 1. The molecule has 0 aromatic carbocycles. The van der Waals surface area contributed by atoms with Gasteiger partial charge in [0.25, 0.3) is 11.9 Å². The van der Waals surface area contributed by atoms with Crippen LogP contribution in [-0.2, 0) is 7.05 Å². The number of rotatable bonds is 4. The molecule has 0 fully saturated rings. The van der Waals surface area contributed by atoms with Gasteiger partial charge < -0.3 is 5.32 Å². The van der Waals surface area contributed by atoms with Crippen LogP contribution in [0.1, 0.15) is 21.9 Å². The van der Waals surface area contributed by atoms with Gasteiger partial charge in [-0.15, -0.1) is 11.3 Å². The van der Waals surface area contributed by atoms with Gasteiger partial charge in [0, 0.05) is 12.7 Å². The van der Waals surface area contributed by atoms with Gasteiger partial charge in [-0.25, -0.2) is 14.6 Å². The van der Waals surface area contributed by atoms with Crippen LogP contribution in [0.25, 0.3) is 16.5 Å². The third-order valence-electron chi connectivity index (χ3n) is 3.98. The fourth-order valence-electron chi connectivity index (χ4n) is 2.75. The smallest absolute Gasteiger partial charge is 0.274 e. The van der Waals surface area contributed by atoms with Crippen LogP contribution >= 0.6 is 11.3 Å². The van der Waals surface area contributed by atoms with Crippen molar-refractivity contribution in [3.63, 3.8) is 0 Å². The molecule has 0 spiro atoms. The van der Waals surface area contributed by atoms with Crippen LogP contribution in [0.15, 0.2) is 42.0 Å². The van der Waals surface area contributed by atoms with E-state index in [1.54, 1.807) is 46.2 Å². The molecule has 4 aromatic heterocycles. The highest BCUT2D eigenvalue weighted by Gasteiger charge is 2.15. The molecular formula is C18H17N7OS. The van der Waals surface area contributed by atoms with E-state index in [1.807, 2.05) is 37.4 Å². The fourth-order valence-corrected chi connectivity index (χ4v) is 3.43. The van der Waals surface area contributed by atoms with Gasteiger partial charge in [-0.2, -0.15) is 10.2 Å². The van der Waals surface area contributed by atoms with Crippen molar-refractivity contribution in [3.8, 4) is 16.5 Å². The quantitative estimate of drug-likeness (QED) is 0.589. The van der Waals surface area contributed by atoms with Crippen LogP contribution in [0, 0.1) is 13.8 Å². The first-order valence-electron chi connectivity index (χ1n) is 8.26. The maximum Gasteiger partial charge on any atom is 0.274 e. The molecule has 27 heavy (non-hydrogen) atoms. The van der Waals surface area contributed by atoms with E-state index in [2.05, 4.69) is 25.5 Å². The Kier molecular flexibility index (Phi) is 4.28. The van der Waals surface area contributed by atoms with Gasteiger partial charge in [-0.1, -0.05) is 6.07 Å². The van der Waals surface area contributed by atoms with E-state index in [0.717, 1.165) is 22.0 Å². The Balaban J connectivity index is 1.52. The maximum absolute atomic E-state index is 12.6. The molecule has 0 radical (unpaired) electrons. The number of nitrogens with zero attached hydrogens (tertiary/aromatic N) is 6. The average molecular weight is 379 g/mol. The lowest BCUT2D eigenvalue weighted by atomic mass is 10.3. The second-order valence-electron chi connectivity index (χ2n) is 6.08. The monoisotopic (exact) mass is 379 g/mol. The molecule has 0 unspecified atom stereocenters. The Morgan fingerprint density at radius 2 is 1.93 bits per heavy atom. The van der Waals surface area contributed by atoms with Crippen LogP contribution < -0.4 is 5.32 Å². The van der Waals surface area contributed by atoms with Crippen molar-refractivity contribution in [1.29, 1.82) is 0 Å². The summed E-state index contributed by atoms with van der Waals surface area (Å²) in [6.07, 6.45) is 3.13. The second-order valence-corrected chi connectivity index (χ2v) is 7.03. The number of amides is 1. The Hall–Kier alpha value is -3.33. The summed E-state index contributed by atoms with van der Waals surface area (Å²) in [4.78, 5) is 22.2. The summed E-state index contributed by atoms with van der Waals surface area (Å²) in [5.74, 6) is 0.189. The molecule has 1 amide bonds. The number of carbonyl (C=O) groups is 1. The number of aromatic nitrogens is 6. The summed E-state index contributed by atoms with van der Waals surface area (Å²) < 4.78 is 3.23. The molecule has 0 aliphatic rings. The van der Waals surface area contributed by atoms with Crippen molar-refractivity contribution in [1.82, 2.24) is 29.5 Å². The van der Waals surface area contributed by atoms with E-state index >= 15 is 0 Å². The van der Waals surface area contributed by atoms with Crippen LogP contribution in [0.3, 0.4) is 0 Å². The number of anilines is 1. The predicted molar refractivity (Wildman–Crippen MR) is 103 cm³/mol. The molecule has 0 bridgehead atoms. The summed E-state index contributed by atoms with van der Waals surface area (Å²) in [6, 6.07) is 7.65. The lowest BCUT2D eigenvalue weighted by Crippen LogP contribution is -2.16. The first-order valence-corrected chi connectivity index (χ1v) is 9.14. The van der Waals surface area contributed by atoms with Gasteiger partial charge in [0.1, 0.15) is 11.4 Å². The highest BCUT2D eigenvalue weighted by molar-refractivity contribution is 7.13. The Labute approximate surface area is 159 Å². The third kappa shape index (κ3) is 3.36. The zero-order valence-corrected chi connectivity index (χ0v) is 15.9. The predicted octanol–water partition coefficient (Wildman–Crippen LogP) is 2.99. The van der Waals surface area contributed by atoms with E-state index in [4.69, 9.17) is 0 Å². The number of hydrogen-bond acceptors (Lipinski definition) is 6. The molecule has 0 atom stereocenters. The molecule has 136 valence electrons. The molecule has 1 N–H and O–H groups in total. The van der Waals surface area contributed by atoms with Crippen LogP contribution in [0.2, 0.25) is 0 Å². The zero-order chi connectivity index (χ0) is 19.0. The third-order valence-corrected chi connectivity index (χ3v) is 4.87. The first-order chi connectivity index (χ1) is 13.0. The number of carbonyl (C=O) groups excluding carboxylic acids is 1. The minimum absolute atomic E-state index is 0.268. The molecule has 4 aromatic rings. The van der Waals surface area contributed by atoms with Crippen LogP contribution in [-0.4, -0.2) is 35.4 Å². The summed E-state index contributed by atoms with van der Waals surface area (Å²) in [6.45, 7) is 3.85. The molecular weight excluding hydrogens is 362 g/mol. The Morgan fingerprint density at radius 1 is 1.15 bits per heavy atom. The Bertz CT molecular complexity index is 1090. The molecule has 0 saturated heterocycles. The number of aryl methyl sites for hydroxylation is 3. The lowest BCUT2D eigenvalue weighted by molar-refractivity contribution is 0.101. The molecule has 4 rings (SSSR count). The van der Waals surface area contributed by atoms with Crippen LogP contribution in [0.4, 0.5) is 5.69 Å². The van der Waals surface area contributed by atoms with Crippen molar-refractivity contribution in [2.45, 2.75) is 13.8 Å². The molecule has 4 heterocycles. The topological polar surface area (TPSA) is 90.5 Å². The Morgan fingerprint density at radius 3 is 2.56 bits per heavy atom. The molecule has 9 heteroatoms. The summed E-state index contributed by atoms with van der Waals surface area (Å²) in [5.41, 5.74) is 3.57. The average Bonchev–Trinajstić information content (AvgIpc) is 3.36. The number of hydrogen-bond donors (Lipinski definition) is 1. The van der Waals surface area contributed by atoms with Gasteiger partial charge in [-0.3, -0.25) is 9.48 Å². The van der Waals surface area contributed by atoms with E-state index in [1.165, 1.54) is 0 Å². The second kappa shape index (κ2) is 6.76. The summed E-state index contributed by atoms with van der Waals surface area (Å²) in [5, 5.41) is 13.5. The van der Waals surface area contributed by atoms with Crippen LogP contribution in [0.5, 0.6) is 0 Å². The van der Waals surface area contributed by atoms with Gasteiger partial charge in [0.05, 0.1) is 28.7 Å². The van der Waals surface area contributed by atoms with E-state index < -0.39 is 0 Å². The van der Waals surface area contributed by atoms with Crippen molar-refractivity contribution in [2.24, 2.45) is 7.05 Å². The highest BCUT2D eigenvalue weighted by Crippen LogP contribution is 2.24. The van der Waals surface area contributed by atoms with Crippen molar-refractivity contribution >= 4 is 22.9 Å². The standard InChI is InChI=1S/C18H17N7OS/c1-11-7-12(2)25(22-11)18-19-9-13(10-20-18)21-17(26)15-8-14(23-24(15)3)16-5-4-6-27-16/h4-10H,1-3H3,(H,21,26). The minimum Gasteiger partial charge on any atom is -0.318 e. The van der Waals surface area contributed by atoms with E-state index in [-0.39, 0.29) is 5.91 Å². The largest absolute Gasteiger partial charge is 0.318 e. The lowest BCUT2D eigenvalue weighted by Gasteiger charge is -2.06. The molecule has 0 aliphatic carbocycles. The van der Waals surface area contributed by atoms with Crippen molar-refractivity contribution < 1.29 is 4.79 Å². The van der Waals surface area contributed by atoms with Crippen molar-refractivity contribution in [2.75, 3.05) is 5.32 Å². The van der Waals surface area contributed by atoms with E-state index in [9.17, 15) is 4.79 Å². The van der Waals surface area contributed by atoms with Gasteiger partial charge in [0.15, 0.2) is 0 Å². The molecule has 8 nitrogen and oxygen atoms in total. The normalized spacial score (nSPS) is 10.9. The summed E-state index contributed by atoms with van der Waals surface area (Å²) >= 11 is 1.58. The SMILES string of the molecule is Cc1cc(C)n(-c2ncc(NC(=O)c3cc(-c4cccs4)nn3C)cn2)n1. The fraction of sp³-hybridized carbons (Fsp3) is 0.167. The molecule has 0 aliphatic heterocycles. The number of nitrogens with one attached hydrogen (secondary N) is 1. The highest BCUT2D eigenvalue weighted by atomic mass is 32.1. The van der Waals surface area contributed by atoms with Crippen molar-refractivity contribution in [3.05, 3.63) is 59.1 Å². The maximum atomic E-state index is 12.6. The van der Waals surface area contributed by atoms with Gasteiger partial charge >= 0.3 is 0 Å². The zero-order valence-electron chi connectivity index (χ0n) is 15.0. The summed E-state index contributed by atoms with van der Waals surface area (Å²) in [7, 11) is 1.74.